The van der Waals surface area contributed by atoms with Gasteiger partial charge in [0.05, 0.1) is 20.1 Å². The van der Waals surface area contributed by atoms with Crippen molar-refractivity contribution in [1.82, 2.24) is 19.8 Å². The van der Waals surface area contributed by atoms with Crippen LogP contribution in [0.25, 0.3) is 21.8 Å². The topological polar surface area (TPSA) is 73.6 Å². The summed E-state index contributed by atoms with van der Waals surface area (Å²) in [7, 11) is 5.62. The SMILES string of the molecule is CC[C@H]1CN(C)[C@H]2Cc3c([nH]c4ccccc34)[C@@H](c3cc4[nH]c5c(c4cc3OC)CCN3C[C@@H]4C[C@H](CC)[C@H]3[C@H]5C4)C[C@@H]1[C@@H]2C(=O)OC. The minimum absolute atomic E-state index is 0.0613. The number of benzene rings is 2. The Morgan fingerprint density at radius 2 is 1.73 bits per heavy atom. The van der Waals surface area contributed by atoms with E-state index in [-0.39, 0.29) is 29.8 Å². The molecule has 2 aromatic heterocycles. The highest BCUT2D eigenvalue weighted by Crippen LogP contribution is 2.53. The van der Waals surface area contributed by atoms with Crippen molar-refractivity contribution in [3.8, 4) is 5.75 Å². The van der Waals surface area contributed by atoms with Gasteiger partial charge >= 0.3 is 5.97 Å². The number of hydrogen-bond acceptors (Lipinski definition) is 5. The fourth-order valence-electron chi connectivity index (χ4n) is 11.8. The number of fused-ring (bicyclic) bond motifs is 9. The Morgan fingerprint density at radius 3 is 2.52 bits per heavy atom. The third-order valence-electron chi connectivity index (χ3n) is 13.9. The third kappa shape index (κ3) is 4.49. The molecule has 3 saturated heterocycles. The number of nitrogens with one attached hydrogen (secondary N) is 2. The summed E-state index contributed by atoms with van der Waals surface area (Å²) in [4.78, 5) is 27.0. The molecule has 10 rings (SSSR count). The fourth-order valence-corrected chi connectivity index (χ4v) is 11.8. The molecule has 10 atom stereocenters. The molecule has 6 aliphatic rings. The van der Waals surface area contributed by atoms with Gasteiger partial charge in [-0.15, -0.1) is 0 Å². The van der Waals surface area contributed by atoms with Gasteiger partial charge in [-0.2, -0.15) is 0 Å². The number of rotatable bonds is 5. The zero-order chi connectivity index (χ0) is 32.8. The second-order valence-electron chi connectivity index (χ2n) is 15.9. The van der Waals surface area contributed by atoms with Crippen molar-refractivity contribution in [1.29, 1.82) is 0 Å². The Hall–Kier alpha value is -3.29. The Balaban J connectivity index is 1.22. The number of esters is 1. The highest BCUT2D eigenvalue weighted by atomic mass is 16.5. The number of carbonyl (C=O) groups is 1. The van der Waals surface area contributed by atoms with Crippen LogP contribution in [0.4, 0.5) is 0 Å². The van der Waals surface area contributed by atoms with Crippen LogP contribution in [-0.2, 0) is 22.4 Å². The van der Waals surface area contributed by atoms with Crippen molar-refractivity contribution < 1.29 is 14.3 Å². The molecule has 6 bridgehead atoms. The number of methoxy groups -OCH3 is 2. The molecule has 6 heterocycles. The van der Waals surface area contributed by atoms with E-state index in [4.69, 9.17) is 9.47 Å². The number of likely N-dealkylation sites (tertiary alicyclic amines) is 1. The largest absolute Gasteiger partial charge is 0.496 e. The first-order valence-corrected chi connectivity index (χ1v) is 18.8. The van der Waals surface area contributed by atoms with E-state index in [1.165, 1.54) is 75.7 Å². The molecule has 4 fully saturated rings. The van der Waals surface area contributed by atoms with Crippen molar-refractivity contribution in [2.24, 2.45) is 29.6 Å². The molecule has 1 unspecified atom stereocenters. The lowest BCUT2D eigenvalue weighted by Gasteiger charge is -2.53. The van der Waals surface area contributed by atoms with Crippen LogP contribution in [0.1, 0.15) is 85.9 Å². The van der Waals surface area contributed by atoms with E-state index in [0.717, 1.165) is 56.4 Å². The minimum Gasteiger partial charge on any atom is -0.496 e. The zero-order valence-electron chi connectivity index (χ0n) is 29.4. The molecule has 254 valence electrons. The number of hydrogen-bond donors (Lipinski definition) is 2. The van der Waals surface area contributed by atoms with E-state index < -0.39 is 0 Å². The average Bonchev–Trinajstić information content (AvgIpc) is 3.62. The lowest BCUT2D eigenvalue weighted by atomic mass is 9.64. The maximum atomic E-state index is 13.7. The van der Waals surface area contributed by atoms with Crippen molar-refractivity contribution in [3.05, 3.63) is 64.5 Å². The van der Waals surface area contributed by atoms with Gasteiger partial charge in [0.2, 0.25) is 0 Å². The van der Waals surface area contributed by atoms with E-state index >= 15 is 0 Å². The van der Waals surface area contributed by atoms with Gasteiger partial charge in [-0.1, -0.05) is 44.9 Å². The average molecular weight is 649 g/mol. The standard InChI is InChI=1S/C41H52N4O3/c1-6-23-14-22-15-32-38-26(12-13-45(20-22)40(23)32)28-19-36(47-4)29(17-34(28)43-38)30-16-27-24(7-2)21-44(3)35(37(27)41(46)48-5)18-31-25-10-8-9-11-33(25)42-39(30)31/h8-11,17,19,22-24,27,30,32,35,37,40,42-43H,6-7,12-16,18,20-21H2,1-5H3/t22-,23+,24+,27+,30-,32+,35+,37+,40+/m1/s1. The summed E-state index contributed by atoms with van der Waals surface area (Å²) in [6, 6.07) is 14.3. The highest BCUT2D eigenvalue weighted by Gasteiger charge is 2.51. The number of para-hydroxylation sites is 1. The van der Waals surface area contributed by atoms with Gasteiger partial charge in [-0.05, 0) is 92.1 Å². The maximum absolute atomic E-state index is 13.7. The first-order chi connectivity index (χ1) is 23.4. The summed E-state index contributed by atoms with van der Waals surface area (Å²) in [5.74, 6) is 3.63. The van der Waals surface area contributed by atoms with Crippen LogP contribution in [0.2, 0.25) is 0 Å². The lowest BCUT2D eigenvalue weighted by Crippen LogP contribution is -2.56. The molecule has 2 aliphatic carbocycles. The number of nitrogens with zero attached hydrogens (tertiary/aromatic N) is 2. The number of carbonyl (C=O) groups excluding carboxylic acids is 1. The Morgan fingerprint density at radius 1 is 0.917 bits per heavy atom. The number of ether oxygens (including phenoxy) is 2. The van der Waals surface area contributed by atoms with Gasteiger partial charge < -0.3 is 24.3 Å². The van der Waals surface area contributed by atoms with Crippen LogP contribution in [-0.4, -0.2) is 78.7 Å². The van der Waals surface area contributed by atoms with Gasteiger partial charge in [0.25, 0.3) is 0 Å². The molecule has 4 aliphatic heterocycles. The van der Waals surface area contributed by atoms with Crippen molar-refractivity contribution >= 4 is 27.8 Å². The first kappa shape index (κ1) is 30.7. The predicted molar refractivity (Wildman–Crippen MR) is 191 cm³/mol. The van der Waals surface area contributed by atoms with E-state index in [2.05, 4.69) is 77.1 Å². The van der Waals surface area contributed by atoms with E-state index in [0.29, 0.717) is 17.9 Å². The molecule has 4 aromatic rings. The summed E-state index contributed by atoms with van der Waals surface area (Å²) < 4.78 is 11.9. The van der Waals surface area contributed by atoms with Crippen LogP contribution < -0.4 is 4.74 Å². The van der Waals surface area contributed by atoms with Gasteiger partial charge in [0.15, 0.2) is 0 Å². The molecule has 0 amide bonds. The molecular formula is C41H52N4O3. The number of H-pyrrole nitrogens is 2. The van der Waals surface area contributed by atoms with Gasteiger partial charge in [-0.3, -0.25) is 9.69 Å². The quantitative estimate of drug-likeness (QED) is 0.223. The van der Waals surface area contributed by atoms with Gasteiger partial charge in [0.1, 0.15) is 5.75 Å². The molecule has 2 aromatic carbocycles. The molecule has 7 heteroatoms. The summed E-state index contributed by atoms with van der Waals surface area (Å²) in [6.07, 6.45) is 7.83. The summed E-state index contributed by atoms with van der Waals surface area (Å²) >= 11 is 0. The van der Waals surface area contributed by atoms with Crippen LogP contribution >= 0.6 is 0 Å². The van der Waals surface area contributed by atoms with Crippen LogP contribution in [0, 0.1) is 29.6 Å². The fraction of sp³-hybridized carbons (Fsp3) is 0.585. The van der Waals surface area contributed by atoms with Crippen LogP contribution in [0.3, 0.4) is 0 Å². The number of aromatic amines is 2. The van der Waals surface area contributed by atoms with E-state index in [1.807, 2.05) is 7.11 Å². The summed E-state index contributed by atoms with van der Waals surface area (Å²) in [5, 5.41) is 2.60. The minimum atomic E-state index is -0.171. The van der Waals surface area contributed by atoms with Gasteiger partial charge in [0, 0.05) is 82.3 Å². The van der Waals surface area contributed by atoms with Crippen LogP contribution in [0.15, 0.2) is 36.4 Å². The Kier molecular flexibility index (Phi) is 7.47. The van der Waals surface area contributed by atoms with Crippen molar-refractivity contribution in [3.63, 3.8) is 0 Å². The molecule has 1 saturated carbocycles. The van der Waals surface area contributed by atoms with Crippen LogP contribution in [0.5, 0.6) is 5.75 Å². The van der Waals surface area contributed by atoms with Crippen molar-refractivity contribution in [2.45, 2.75) is 82.7 Å². The third-order valence-corrected chi connectivity index (χ3v) is 13.9. The second-order valence-corrected chi connectivity index (χ2v) is 15.9. The van der Waals surface area contributed by atoms with E-state index in [9.17, 15) is 4.79 Å². The summed E-state index contributed by atoms with van der Waals surface area (Å²) in [6.45, 7) is 8.13. The van der Waals surface area contributed by atoms with Gasteiger partial charge in [-0.25, -0.2) is 0 Å². The van der Waals surface area contributed by atoms with Crippen molar-refractivity contribution in [2.75, 3.05) is 40.9 Å². The molecular weight excluding hydrogens is 596 g/mol. The number of aromatic nitrogens is 2. The number of likely N-dealkylation sites (N-methyl/N-ethyl adjacent to an activating group) is 1. The number of piperidine rings is 3. The lowest BCUT2D eigenvalue weighted by molar-refractivity contribution is -0.155. The summed E-state index contributed by atoms with van der Waals surface area (Å²) in [5.41, 5.74) is 9.28. The first-order valence-electron chi connectivity index (χ1n) is 18.8. The maximum Gasteiger partial charge on any atom is 0.310 e. The Labute approximate surface area is 284 Å². The predicted octanol–water partition coefficient (Wildman–Crippen LogP) is 7.24. The molecule has 7 nitrogen and oxygen atoms in total. The van der Waals surface area contributed by atoms with E-state index in [1.54, 1.807) is 7.11 Å². The second kappa shape index (κ2) is 11.7. The highest BCUT2D eigenvalue weighted by molar-refractivity contribution is 5.89. The zero-order valence-corrected chi connectivity index (χ0v) is 29.4. The molecule has 2 N–H and O–H groups in total. The molecule has 0 radical (unpaired) electrons. The molecule has 0 spiro atoms. The monoisotopic (exact) mass is 648 g/mol. The normalized spacial score (nSPS) is 34.3. The smallest absolute Gasteiger partial charge is 0.310 e. The Bertz CT molecular complexity index is 1870. The molecule has 48 heavy (non-hydrogen) atoms.